The highest BCUT2D eigenvalue weighted by Gasteiger charge is 2.21. The Labute approximate surface area is 86.6 Å². The Bertz CT molecular complexity index is 182. The summed E-state index contributed by atoms with van der Waals surface area (Å²) >= 11 is 0. The van der Waals surface area contributed by atoms with Crippen molar-refractivity contribution in [1.29, 1.82) is 5.26 Å². The van der Waals surface area contributed by atoms with E-state index in [0.717, 1.165) is 19.8 Å². The topological polar surface area (TPSA) is 36.3 Å². The number of nitrogens with zero attached hydrogens (tertiary/aromatic N) is 2. The van der Waals surface area contributed by atoms with E-state index in [4.69, 9.17) is 10.00 Å². The lowest BCUT2D eigenvalue weighted by molar-refractivity contribution is 0.102. The van der Waals surface area contributed by atoms with E-state index in [1.54, 1.807) is 0 Å². The van der Waals surface area contributed by atoms with E-state index in [1.807, 2.05) is 6.92 Å². The molecule has 80 valence electrons. The van der Waals surface area contributed by atoms with Crippen molar-refractivity contribution in [3.63, 3.8) is 0 Å². The highest BCUT2D eigenvalue weighted by atomic mass is 16.5. The first-order chi connectivity index (χ1) is 6.88. The van der Waals surface area contributed by atoms with Gasteiger partial charge in [-0.3, -0.25) is 4.90 Å². The summed E-state index contributed by atoms with van der Waals surface area (Å²) in [6.07, 6.45) is 5.16. The standard InChI is InChI=1S/C11H20N2O/c1-2-14-10-9-13(8-7-12)11-5-3-4-6-11/h11H,2-6,8-10H2,1H3. The van der Waals surface area contributed by atoms with Crippen LogP contribution in [0.15, 0.2) is 0 Å². The Kier molecular flexibility index (Phi) is 5.58. The first kappa shape index (κ1) is 11.5. The summed E-state index contributed by atoms with van der Waals surface area (Å²) < 4.78 is 5.32. The van der Waals surface area contributed by atoms with Crippen molar-refractivity contribution in [3.05, 3.63) is 0 Å². The lowest BCUT2D eigenvalue weighted by Gasteiger charge is -2.25. The Hall–Kier alpha value is -0.590. The largest absolute Gasteiger partial charge is 0.380 e. The molecule has 0 aliphatic heterocycles. The zero-order valence-electron chi connectivity index (χ0n) is 9.04. The quantitative estimate of drug-likeness (QED) is 0.480. The summed E-state index contributed by atoms with van der Waals surface area (Å²) in [6.45, 7) is 4.99. The molecule has 0 saturated heterocycles. The van der Waals surface area contributed by atoms with Crippen molar-refractivity contribution in [2.75, 3.05) is 26.3 Å². The molecule has 1 aliphatic rings. The third-order valence-electron chi connectivity index (χ3n) is 2.84. The van der Waals surface area contributed by atoms with Gasteiger partial charge in [-0.15, -0.1) is 0 Å². The molecule has 1 saturated carbocycles. The lowest BCUT2D eigenvalue weighted by Crippen LogP contribution is -2.36. The predicted octanol–water partition coefficient (Wildman–Crippen LogP) is 1.79. The first-order valence-electron chi connectivity index (χ1n) is 5.57. The van der Waals surface area contributed by atoms with Crippen LogP contribution in [-0.2, 0) is 4.74 Å². The fourth-order valence-corrected chi connectivity index (χ4v) is 2.08. The number of hydrogen-bond donors (Lipinski definition) is 0. The molecule has 0 spiro atoms. The van der Waals surface area contributed by atoms with Crippen LogP contribution in [0.1, 0.15) is 32.6 Å². The van der Waals surface area contributed by atoms with Gasteiger partial charge < -0.3 is 4.74 Å². The minimum Gasteiger partial charge on any atom is -0.380 e. The van der Waals surface area contributed by atoms with E-state index >= 15 is 0 Å². The maximum Gasteiger partial charge on any atom is 0.0869 e. The highest BCUT2D eigenvalue weighted by Crippen LogP contribution is 2.22. The lowest BCUT2D eigenvalue weighted by atomic mass is 10.2. The molecule has 1 fully saturated rings. The molecule has 0 unspecified atom stereocenters. The smallest absolute Gasteiger partial charge is 0.0869 e. The molecule has 0 aromatic heterocycles. The van der Waals surface area contributed by atoms with Gasteiger partial charge >= 0.3 is 0 Å². The molecule has 0 amide bonds. The average molecular weight is 196 g/mol. The molecule has 0 bridgehead atoms. The van der Waals surface area contributed by atoms with Crippen molar-refractivity contribution in [2.45, 2.75) is 38.6 Å². The monoisotopic (exact) mass is 196 g/mol. The fraction of sp³-hybridized carbons (Fsp3) is 0.909. The van der Waals surface area contributed by atoms with Crippen LogP contribution in [0.4, 0.5) is 0 Å². The van der Waals surface area contributed by atoms with Gasteiger partial charge in [-0.1, -0.05) is 12.8 Å². The van der Waals surface area contributed by atoms with Crippen LogP contribution in [0, 0.1) is 11.3 Å². The fourth-order valence-electron chi connectivity index (χ4n) is 2.08. The molecule has 3 nitrogen and oxygen atoms in total. The van der Waals surface area contributed by atoms with E-state index in [-0.39, 0.29) is 0 Å². The van der Waals surface area contributed by atoms with Crippen LogP contribution in [0.5, 0.6) is 0 Å². The van der Waals surface area contributed by atoms with Gasteiger partial charge in [0.15, 0.2) is 0 Å². The first-order valence-corrected chi connectivity index (χ1v) is 5.57. The van der Waals surface area contributed by atoms with Gasteiger partial charge in [-0.25, -0.2) is 0 Å². The maximum atomic E-state index is 8.72. The molecule has 0 heterocycles. The van der Waals surface area contributed by atoms with Gasteiger partial charge in [-0.05, 0) is 19.8 Å². The minimum absolute atomic E-state index is 0.553. The van der Waals surface area contributed by atoms with Gasteiger partial charge in [0.2, 0.25) is 0 Å². The normalized spacial score (nSPS) is 17.5. The summed E-state index contributed by atoms with van der Waals surface area (Å²) in [4.78, 5) is 2.27. The molecule has 3 heteroatoms. The number of rotatable bonds is 6. The summed E-state index contributed by atoms with van der Waals surface area (Å²) in [6, 6.07) is 2.88. The minimum atomic E-state index is 0.553. The molecule has 1 rings (SSSR count). The average Bonchev–Trinajstić information content (AvgIpc) is 2.70. The van der Waals surface area contributed by atoms with Crippen LogP contribution in [0.2, 0.25) is 0 Å². The summed E-state index contributed by atoms with van der Waals surface area (Å²) in [5.41, 5.74) is 0. The van der Waals surface area contributed by atoms with Crippen molar-refractivity contribution >= 4 is 0 Å². The zero-order chi connectivity index (χ0) is 10.2. The predicted molar refractivity (Wildman–Crippen MR) is 55.9 cm³/mol. The molecule has 0 N–H and O–H groups in total. The van der Waals surface area contributed by atoms with Gasteiger partial charge in [0.25, 0.3) is 0 Å². The summed E-state index contributed by atoms with van der Waals surface area (Å²) in [7, 11) is 0. The van der Waals surface area contributed by atoms with Crippen molar-refractivity contribution in [1.82, 2.24) is 4.90 Å². The second-order valence-electron chi connectivity index (χ2n) is 3.76. The van der Waals surface area contributed by atoms with Crippen LogP contribution >= 0.6 is 0 Å². The maximum absolute atomic E-state index is 8.72. The van der Waals surface area contributed by atoms with E-state index in [0.29, 0.717) is 12.6 Å². The van der Waals surface area contributed by atoms with Crippen LogP contribution in [-0.4, -0.2) is 37.2 Å². The van der Waals surface area contributed by atoms with Gasteiger partial charge in [0, 0.05) is 19.2 Å². The van der Waals surface area contributed by atoms with Gasteiger partial charge in [0.1, 0.15) is 0 Å². The van der Waals surface area contributed by atoms with Crippen LogP contribution in [0.25, 0.3) is 0 Å². The van der Waals surface area contributed by atoms with Gasteiger partial charge in [-0.2, -0.15) is 5.26 Å². The molecule has 0 aromatic rings. The summed E-state index contributed by atoms with van der Waals surface area (Å²) in [5.74, 6) is 0. The SMILES string of the molecule is CCOCCN(CC#N)C1CCCC1. The Balaban J connectivity index is 2.26. The number of hydrogen-bond acceptors (Lipinski definition) is 3. The molecule has 0 aromatic carbocycles. The number of nitriles is 1. The Morgan fingerprint density at radius 2 is 2.14 bits per heavy atom. The van der Waals surface area contributed by atoms with E-state index < -0.39 is 0 Å². The van der Waals surface area contributed by atoms with E-state index in [1.165, 1.54) is 25.7 Å². The van der Waals surface area contributed by atoms with Crippen molar-refractivity contribution < 1.29 is 4.74 Å². The molecule has 0 atom stereocenters. The van der Waals surface area contributed by atoms with Crippen molar-refractivity contribution in [3.8, 4) is 6.07 Å². The molecular weight excluding hydrogens is 176 g/mol. The highest BCUT2D eigenvalue weighted by molar-refractivity contribution is 4.84. The van der Waals surface area contributed by atoms with Crippen LogP contribution in [0.3, 0.4) is 0 Å². The second kappa shape index (κ2) is 6.80. The molecular formula is C11H20N2O. The molecule has 0 radical (unpaired) electrons. The Morgan fingerprint density at radius 3 is 2.71 bits per heavy atom. The zero-order valence-corrected chi connectivity index (χ0v) is 9.04. The molecule has 14 heavy (non-hydrogen) atoms. The Morgan fingerprint density at radius 1 is 1.43 bits per heavy atom. The van der Waals surface area contributed by atoms with E-state index in [2.05, 4.69) is 11.0 Å². The van der Waals surface area contributed by atoms with Crippen LogP contribution < -0.4 is 0 Å². The third kappa shape index (κ3) is 3.65. The molecule has 1 aliphatic carbocycles. The second-order valence-corrected chi connectivity index (χ2v) is 3.76. The van der Waals surface area contributed by atoms with Crippen molar-refractivity contribution in [2.24, 2.45) is 0 Å². The summed E-state index contributed by atoms with van der Waals surface area (Å²) in [5, 5.41) is 8.72. The van der Waals surface area contributed by atoms with Gasteiger partial charge in [0.05, 0.1) is 19.2 Å². The third-order valence-corrected chi connectivity index (χ3v) is 2.84. The number of ether oxygens (including phenoxy) is 1. The van der Waals surface area contributed by atoms with E-state index in [9.17, 15) is 0 Å².